The van der Waals surface area contributed by atoms with Crippen LogP contribution in [-0.2, 0) is 19.6 Å². The van der Waals surface area contributed by atoms with Crippen LogP contribution >= 0.6 is 0 Å². The van der Waals surface area contributed by atoms with Crippen LogP contribution in [0.25, 0.3) is 0 Å². The molecular weight excluding hydrogens is 308 g/mol. The molecule has 0 spiro atoms. The van der Waals surface area contributed by atoms with Gasteiger partial charge < -0.3 is 14.8 Å². The van der Waals surface area contributed by atoms with Crippen molar-refractivity contribution in [1.82, 2.24) is 10.0 Å². The minimum Gasteiger partial charge on any atom is -0.494 e. The molecule has 1 aromatic carbocycles. The highest BCUT2D eigenvalue weighted by atomic mass is 32.2. The van der Waals surface area contributed by atoms with Crippen molar-refractivity contribution in [3.05, 3.63) is 24.3 Å². The summed E-state index contributed by atoms with van der Waals surface area (Å²) in [5, 5.41) is 2.57. The van der Waals surface area contributed by atoms with E-state index in [1.165, 1.54) is 26.2 Å². The number of benzene rings is 1. The highest BCUT2D eigenvalue weighted by Gasteiger charge is 2.21. The minimum atomic E-state index is -3.76. The van der Waals surface area contributed by atoms with Crippen LogP contribution < -0.4 is 14.8 Å². The average Bonchev–Trinajstić information content (AvgIpc) is 2.48. The molecule has 0 aliphatic heterocycles. The first-order valence-electron chi connectivity index (χ1n) is 6.92. The molecule has 0 radical (unpaired) electrons. The van der Waals surface area contributed by atoms with Crippen molar-refractivity contribution in [3.63, 3.8) is 0 Å². The zero-order valence-electron chi connectivity index (χ0n) is 13.0. The summed E-state index contributed by atoms with van der Waals surface area (Å²) in [6, 6.07) is 5.13. The van der Waals surface area contributed by atoms with E-state index in [4.69, 9.17) is 9.47 Å². The van der Waals surface area contributed by atoms with E-state index in [1.54, 1.807) is 12.1 Å². The zero-order valence-corrected chi connectivity index (χ0v) is 13.8. The maximum atomic E-state index is 12.2. The number of hydrogen-bond donors (Lipinski definition) is 2. The van der Waals surface area contributed by atoms with Gasteiger partial charge in [0.15, 0.2) is 0 Å². The summed E-state index contributed by atoms with van der Waals surface area (Å²) in [5.41, 5.74) is 0. The highest BCUT2D eigenvalue weighted by Crippen LogP contribution is 2.16. The van der Waals surface area contributed by atoms with Crippen molar-refractivity contribution in [1.29, 1.82) is 0 Å². The Labute approximate surface area is 131 Å². The fraction of sp³-hybridized carbons (Fsp3) is 0.500. The third-order valence-corrected chi connectivity index (χ3v) is 4.33. The van der Waals surface area contributed by atoms with Crippen molar-refractivity contribution < 1.29 is 22.7 Å². The number of ether oxygens (including phenoxy) is 2. The number of nitrogens with one attached hydrogen (secondary N) is 2. The second-order valence-corrected chi connectivity index (χ2v) is 6.25. The van der Waals surface area contributed by atoms with E-state index in [0.29, 0.717) is 25.5 Å². The zero-order chi connectivity index (χ0) is 16.6. The van der Waals surface area contributed by atoms with Gasteiger partial charge in [-0.3, -0.25) is 4.79 Å². The van der Waals surface area contributed by atoms with Crippen molar-refractivity contribution >= 4 is 15.9 Å². The highest BCUT2D eigenvalue weighted by molar-refractivity contribution is 7.89. The monoisotopic (exact) mass is 330 g/mol. The summed E-state index contributed by atoms with van der Waals surface area (Å²) in [7, 11) is -2.25. The number of rotatable bonds is 9. The molecular formula is C14H22N2O5S. The molecule has 8 heteroatoms. The fourth-order valence-corrected chi connectivity index (χ4v) is 2.87. The first-order chi connectivity index (χ1) is 10.4. The predicted octanol–water partition coefficient (Wildman–Crippen LogP) is 0.515. The summed E-state index contributed by atoms with van der Waals surface area (Å²) in [6.45, 7) is 4.52. The van der Waals surface area contributed by atoms with E-state index >= 15 is 0 Å². The number of sulfonamides is 1. The van der Waals surface area contributed by atoms with E-state index in [2.05, 4.69) is 10.0 Å². The second kappa shape index (κ2) is 8.72. The van der Waals surface area contributed by atoms with Gasteiger partial charge in [-0.25, -0.2) is 8.42 Å². The number of carbonyl (C=O) groups excluding carboxylic acids is 1. The van der Waals surface area contributed by atoms with Crippen LogP contribution in [0.15, 0.2) is 29.2 Å². The van der Waals surface area contributed by atoms with E-state index < -0.39 is 22.0 Å². The standard InChI is InChI=1S/C14H22N2O5S/c1-4-21-12-5-7-13(8-6-12)22(18,19)16-11(2)14(17)15-9-10-20-3/h5-8,11,16H,4,9-10H2,1-3H3,(H,15,17)/t11-/m0/s1. The lowest BCUT2D eigenvalue weighted by Gasteiger charge is -2.14. The van der Waals surface area contributed by atoms with E-state index in [9.17, 15) is 13.2 Å². The Balaban J connectivity index is 2.67. The van der Waals surface area contributed by atoms with Gasteiger partial charge in [0.25, 0.3) is 0 Å². The molecule has 0 bridgehead atoms. The quantitative estimate of drug-likeness (QED) is 0.644. The maximum absolute atomic E-state index is 12.2. The predicted molar refractivity (Wildman–Crippen MR) is 82.3 cm³/mol. The van der Waals surface area contributed by atoms with Crippen molar-refractivity contribution in [3.8, 4) is 5.75 Å². The molecule has 1 amide bonds. The Morgan fingerprint density at radius 2 is 1.91 bits per heavy atom. The average molecular weight is 330 g/mol. The molecule has 2 N–H and O–H groups in total. The lowest BCUT2D eigenvalue weighted by Crippen LogP contribution is -2.45. The SMILES string of the molecule is CCOc1ccc(S(=O)(=O)N[C@@H](C)C(=O)NCCOC)cc1. The van der Waals surface area contributed by atoms with Crippen LogP contribution in [0.2, 0.25) is 0 Å². The van der Waals surface area contributed by atoms with Gasteiger partial charge in [0, 0.05) is 13.7 Å². The first-order valence-corrected chi connectivity index (χ1v) is 8.41. The van der Waals surface area contributed by atoms with Crippen molar-refractivity contribution in [2.24, 2.45) is 0 Å². The molecule has 22 heavy (non-hydrogen) atoms. The summed E-state index contributed by atoms with van der Waals surface area (Å²) < 4.78 is 36.8. The summed E-state index contributed by atoms with van der Waals surface area (Å²) in [4.78, 5) is 11.8. The molecule has 0 heterocycles. The third kappa shape index (κ3) is 5.63. The molecule has 7 nitrogen and oxygen atoms in total. The lowest BCUT2D eigenvalue weighted by atomic mass is 10.3. The molecule has 0 aliphatic carbocycles. The molecule has 0 saturated heterocycles. The Hall–Kier alpha value is -1.64. The molecule has 124 valence electrons. The van der Waals surface area contributed by atoms with Gasteiger partial charge >= 0.3 is 0 Å². The van der Waals surface area contributed by atoms with Gasteiger partial charge in [0.2, 0.25) is 15.9 Å². The van der Waals surface area contributed by atoms with Gasteiger partial charge in [0.1, 0.15) is 5.75 Å². The van der Waals surface area contributed by atoms with Gasteiger partial charge in [-0.15, -0.1) is 0 Å². The summed E-state index contributed by atoms with van der Waals surface area (Å²) in [5.74, 6) is 0.179. The van der Waals surface area contributed by atoms with Gasteiger partial charge in [-0.1, -0.05) is 0 Å². The molecule has 0 aliphatic rings. The van der Waals surface area contributed by atoms with E-state index in [1.807, 2.05) is 6.92 Å². The molecule has 1 atom stereocenters. The molecule has 1 rings (SSSR count). The lowest BCUT2D eigenvalue weighted by molar-refractivity contribution is -0.122. The summed E-state index contributed by atoms with van der Waals surface area (Å²) >= 11 is 0. The largest absolute Gasteiger partial charge is 0.494 e. The van der Waals surface area contributed by atoms with Crippen LogP contribution in [0, 0.1) is 0 Å². The van der Waals surface area contributed by atoms with Crippen LogP contribution in [0.1, 0.15) is 13.8 Å². The van der Waals surface area contributed by atoms with Crippen LogP contribution in [0.4, 0.5) is 0 Å². The molecule has 0 unspecified atom stereocenters. The Kier molecular flexibility index (Phi) is 7.30. The van der Waals surface area contributed by atoms with Crippen LogP contribution in [-0.4, -0.2) is 47.2 Å². The normalized spacial score (nSPS) is 12.7. The van der Waals surface area contributed by atoms with E-state index in [0.717, 1.165) is 0 Å². The Morgan fingerprint density at radius 1 is 1.27 bits per heavy atom. The molecule has 1 aromatic rings. The van der Waals surface area contributed by atoms with Gasteiger partial charge in [0.05, 0.1) is 24.2 Å². The number of carbonyl (C=O) groups is 1. The van der Waals surface area contributed by atoms with Gasteiger partial charge in [-0.05, 0) is 38.1 Å². The Bertz CT molecular complexity index is 571. The second-order valence-electron chi connectivity index (χ2n) is 4.53. The van der Waals surface area contributed by atoms with Crippen molar-refractivity contribution in [2.45, 2.75) is 24.8 Å². The van der Waals surface area contributed by atoms with E-state index in [-0.39, 0.29) is 4.90 Å². The van der Waals surface area contributed by atoms with Crippen LogP contribution in [0.3, 0.4) is 0 Å². The molecule has 0 fully saturated rings. The minimum absolute atomic E-state index is 0.0764. The molecule has 0 aromatic heterocycles. The number of hydrogen-bond acceptors (Lipinski definition) is 5. The third-order valence-electron chi connectivity index (χ3n) is 2.78. The maximum Gasteiger partial charge on any atom is 0.241 e. The van der Waals surface area contributed by atoms with Crippen LogP contribution in [0.5, 0.6) is 5.75 Å². The smallest absolute Gasteiger partial charge is 0.241 e. The van der Waals surface area contributed by atoms with Crippen molar-refractivity contribution in [2.75, 3.05) is 26.9 Å². The number of amides is 1. The summed E-state index contributed by atoms with van der Waals surface area (Å²) in [6.07, 6.45) is 0. The Morgan fingerprint density at radius 3 is 2.45 bits per heavy atom. The molecule has 0 saturated carbocycles. The fourth-order valence-electron chi connectivity index (χ4n) is 1.67. The number of methoxy groups -OCH3 is 1. The first kappa shape index (κ1) is 18.4. The van der Waals surface area contributed by atoms with Gasteiger partial charge in [-0.2, -0.15) is 4.72 Å². The topological polar surface area (TPSA) is 93.7 Å².